The van der Waals surface area contributed by atoms with Crippen molar-refractivity contribution in [2.45, 2.75) is 64.5 Å². The van der Waals surface area contributed by atoms with Crippen LogP contribution in [0.5, 0.6) is 0 Å². The molecule has 0 radical (unpaired) electrons. The van der Waals surface area contributed by atoms with Gasteiger partial charge in [-0.15, -0.1) is 0 Å². The molecule has 6 nitrogen and oxygen atoms in total. The summed E-state index contributed by atoms with van der Waals surface area (Å²) >= 11 is 0. The van der Waals surface area contributed by atoms with Gasteiger partial charge < -0.3 is 4.74 Å². The van der Waals surface area contributed by atoms with Crippen molar-refractivity contribution in [3.05, 3.63) is 34.4 Å². The Labute approximate surface area is 174 Å². The Bertz CT molecular complexity index is 718. The Morgan fingerprint density at radius 3 is 2.24 bits per heavy atom. The van der Waals surface area contributed by atoms with Crippen LogP contribution in [0.2, 0.25) is 0 Å². The lowest BCUT2D eigenvalue weighted by atomic mass is 9.76. The lowest BCUT2D eigenvalue weighted by Gasteiger charge is -2.34. The second kappa shape index (κ2) is 11.0. The van der Waals surface area contributed by atoms with Crippen molar-refractivity contribution in [2.75, 3.05) is 20.3 Å². The summed E-state index contributed by atoms with van der Waals surface area (Å²) in [6.07, 6.45) is 4.27. The molecule has 1 aliphatic carbocycles. The summed E-state index contributed by atoms with van der Waals surface area (Å²) in [5.41, 5.74) is 3.38. The molecule has 1 unspecified atom stereocenters. The van der Waals surface area contributed by atoms with Gasteiger partial charge >= 0.3 is 5.97 Å². The summed E-state index contributed by atoms with van der Waals surface area (Å²) < 4.78 is 17.3. The minimum Gasteiger partial charge on any atom is -0.382 e. The van der Waals surface area contributed by atoms with E-state index in [1.807, 2.05) is 32.9 Å². The van der Waals surface area contributed by atoms with Crippen LogP contribution in [0.3, 0.4) is 0 Å². The Morgan fingerprint density at radius 1 is 1.07 bits per heavy atom. The molecular weight excluding hydrogens is 391 g/mol. The lowest BCUT2D eigenvalue weighted by Crippen LogP contribution is -2.45. The molecule has 1 saturated carbocycles. The number of methoxy groups -OCH3 is 1. The molecule has 0 aromatic heterocycles. The average molecular weight is 422 g/mol. The van der Waals surface area contributed by atoms with Crippen LogP contribution in [0.1, 0.15) is 65.6 Å². The van der Waals surface area contributed by atoms with Gasteiger partial charge in [0.2, 0.25) is 0 Å². The molecule has 1 fully saturated rings. The SMILES string of the molecule is COCCOOC(=O)C(CC(=O)c1c(C)cc(C)cc1C)(P=O)C1CCCCC1. The van der Waals surface area contributed by atoms with E-state index < -0.39 is 19.6 Å². The van der Waals surface area contributed by atoms with Crippen molar-refractivity contribution in [1.82, 2.24) is 0 Å². The number of aryl methyl sites for hydroxylation is 3. The summed E-state index contributed by atoms with van der Waals surface area (Å²) in [5.74, 6) is -1.13. The quantitative estimate of drug-likeness (QED) is 0.175. The summed E-state index contributed by atoms with van der Waals surface area (Å²) in [7, 11) is 1.11. The Kier molecular flexibility index (Phi) is 8.94. The van der Waals surface area contributed by atoms with Crippen molar-refractivity contribution in [2.24, 2.45) is 5.92 Å². The first-order valence-corrected chi connectivity index (χ1v) is 11.0. The van der Waals surface area contributed by atoms with E-state index in [-0.39, 0.29) is 31.3 Å². The molecule has 0 N–H and O–H groups in total. The van der Waals surface area contributed by atoms with E-state index in [1.54, 1.807) is 0 Å². The number of benzene rings is 1. The predicted octanol–water partition coefficient (Wildman–Crippen LogP) is 4.92. The third-order valence-corrected chi connectivity index (χ3v) is 6.72. The highest BCUT2D eigenvalue weighted by Gasteiger charge is 2.51. The topological polar surface area (TPSA) is 78.9 Å². The second-order valence-corrected chi connectivity index (χ2v) is 8.89. The van der Waals surface area contributed by atoms with Gasteiger partial charge in [0, 0.05) is 19.1 Å². The molecule has 0 amide bonds. The molecule has 1 aliphatic rings. The monoisotopic (exact) mass is 422 g/mol. The molecule has 0 saturated heterocycles. The Balaban J connectivity index is 2.32. The van der Waals surface area contributed by atoms with Gasteiger partial charge in [0.1, 0.15) is 6.61 Å². The first kappa shape index (κ1) is 23.7. The van der Waals surface area contributed by atoms with Crippen LogP contribution < -0.4 is 0 Å². The van der Waals surface area contributed by atoms with Crippen LogP contribution in [0.4, 0.5) is 0 Å². The largest absolute Gasteiger partial charge is 0.382 e. The molecule has 1 atom stereocenters. The zero-order valence-corrected chi connectivity index (χ0v) is 18.7. The fourth-order valence-corrected chi connectivity index (χ4v) is 5.07. The van der Waals surface area contributed by atoms with Crippen LogP contribution in [0, 0.1) is 26.7 Å². The van der Waals surface area contributed by atoms with Crippen LogP contribution >= 0.6 is 8.46 Å². The molecule has 0 aliphatic heterocycles. The number of hydrogen-bond acceptors (Lipinski definition) is 6. The molecule has 2 rings (SSSR count). The number of hydrogen-bond donors (Lipinski definition) is 0. The predicted molar refractivity (Wildman–Crippen MR) is 110 cm³/mol. The van der Waals surface area contributed by atoms with E-state index in [1.165, 1.54) is 7.11 Å². The van der Waals surface area contributed by atoms with Gasteiger partial charge in [0.25, 0.3) is 0 Å². The number of rotatable bonds is 10. The van der Waals surface area contributed by atoms with Gasteiger partial charge in [0.15, 0.2) is 19.4 Å². The number of Topliss-reactive ketones (excluding diaryl/α,β-unsaturated/α-hetero) is 1. The van der Waals surface area contributed by atoms with Crippen molar-refractivity contribution in [3.63, 3.8) is 0 Å². The Hall–Kier alpha value is -1.62. The maximum atomic E-state index is 13.3. The highest BCUT2D eigenvalue weighted by Crippen LogP contribution is 2.45. The van der Waals surface area contributed by atoms with Gasteiger partial charge in [-0.3, -0.25) is 14.2 Å². The molecule has 7 heteroatoms. The molecule has 0 heterocycles. The molecule has 1 aromatic carbocycles. The smallest absolute Gasteiger partial charge is 0.360 e. The zero-order valence-electron chi connectivity index (χ0n) is 17.8. The van der Waals surface area contributed by atoms with E-state index in [9.17, 15) is 14.2 Å². The molecule has 29 heavy (non-hydrogen) atoms. The van der Waals surface area contributed by atoms with Gasteiger partial charge in [0.05, 0.1) is 6.61 Å². The summed E-state index contributed by atoms with van der Waals surface area (Å²) in [6.45, 7) is 6.08. The normalized spacial score (nSPS) is 17.1. The average Bonchev–Trinajstić information content (AvgIpc) is 2.69. The number of ether oxygens (including phenoxy) is 1. The van der Waals surface area contributed by atoms with E-state index in [2.05, 4.69) is 0 Å². The third kappa shape index (κ3) is 5.71. The van der Waals surface area contributed by atoms with Crippen LogP contribution in [-0.2, 0) is 23.9 Å². The fourth-order valence-electron chi connectivity index (χ4n) is 4.35. The Morgan fingerprint density at radius 2 is 1.69 bits per heavy atom. The van der Waals surface area contributed by atoms with Gasteiger partial charge in [-0.1, -0.05) is 37.0 Å². The molecule has 160 valence electrons. The second-order valence-electron chi connectivity index (χ2n) is 7.91. The number of carbonyl (C=O) groups is 2. The van der Waals surface area contributed by atoms with Gasteiger partial charge in [-0.25, -0.2) is 4.79 Å². The van der Waals surface area contributed by atoms with Gasteiger partial charge in [-0.05, 0) is 50.7 Å². The van der Waals surface area contributed by atoms with Crippen molar-refractivity contribution in [1.29, 1.82) is 0 Å². The van der Waals surface area contributed by atoms with Crippen molar-refractivity contribution < 1.29 is 28.7 Å². The zero-order chi connectivity index (χ0) is 21.4. The van der Waals surface area contributed by atoms with E-state index in [0.29, 0.717) is 5.56 Å². The van der Waals surface area contributed by atoms with Crippen molar-refractivity contribution >= 4 is 20.2 Å². The molecular formula is C22H31O6P. The summed E-state index contributed by atoms with van der Waals surface area (Å²) in [5, 5.41) is -1.44. The molecule has 1 aromatic rings. The number of carbonyl (C=O) groups excluding carboxylic acids is 2. The minimum atomic E-state index is -1.44. The maximum absolute atomic E-state index is 13.3. The highest BCUT2D eigenvalue weighted by atomic mass is 31.1. The van der Waals surface area contributed by atoms with Crippen molar-refractivity contribution in [3.8, 4) is 0 Å². The minimum absolute atomic E-state index is 0.0723. The fraction of sp³-hybridized carbons (Fsp3) is 0.636. The molecule has 0 bridgehead atoms. The number of ketones is 1. The lowest BCUT2D eigenvalue weighted by molar-refractivity contribution is -0.279. The van der Waals surface area contributed by atoms with E-state index in [4.69, 9.17) is 14.5 Å². The van der Waals surface area contributed by atoms with E-state index >= 15 is 0 Å². The van der Waals surface area contributed by atoms with Crippen LogP contribution in [0.25, 0.3) is 0 Å². The van der Waals surface area contributed by atoms with Crippen LogP contribution in [-0.4, -0.2) is 37.2 Å². The first-order chi connectivity index (χ1) is 13.9. The highest BCUT2D eigenvalue weighted by molar-refractivity contribution is 7.28. The standard InChI is InChI=1S/C22H31O6P/c1-15-12-16(2)20(17(3)13-15)19(23)14-22(29-25,18-8-6-5-7-9-18)21(24)28-27-11-10-26-4/h12-13,18H,5-11,14H2,1-4H3. The van der Waals surface area contributed by atoms with Crippen LogP contribution in [0.15, 0.2) is 12.1 Å². The summed E-state index contributed by atoms with van der Waals surface area (Å²) in [4.78, 5) is 36.2. The van der Waals surface area contributed by atoms with E-state index in [0.717, 1.165) is 48.8 Å². The molecule has 0 spiro atoms. The summed E-state index contributed by atoms with van der Waals surface area (Å²) in [6, 6.07) is 3.90. The first-order valence-electron chi connectivity index (χ1n) is 10.1. The van der Waals surface area contributed by atoms with Gasteiger partial charge in [-0.2, -0.15) is 4.89 Å². The third-order valence-electron chi connectivity index (χ3n) is 5.69. The maximum Gasteiger partial charge on any atom is 0.360 e.